The molecular weight excluding hydrogens is 413 g/mol. The third-order valence-electron chi connectivity index (χ3n) is 4.77. The van der Waals surface area contributed by atoms with Crippen LogP contribution in [0.4, 0.5) is 25.1 Å². The Morgan fingerprint density at radius 1 is 1.03 bits per heavy atom. The Morgan fingerprint density at radius 3 is 2.39 bits per heavy atom. The van der Waals surface area contributed by atoms with Crippen molar-refractivity contribution in [2.75, 3.05) is 37.6 Å². The van der Waals surface area contributed by atoms with Gasteiger partial charge >= 0.3 is 6.18 Å². The summed E-state index contributed by atoms with van der Waals surface area (Å²) < 4.78 is 49.7. The third-order valence-corrected chi connectivity index (χ3v) is 4.77. The van der Waals surface area contributed by atoms with Gasteiger partial charge in [-0.1, -0.05) is 6.07 Å². The van der Waals surface area contributed by atoms with Crippen molar-refractivity contribution in [3.8, 4) is 11.5 Å². The molecule has 11 heteroatoms. The van der Waals surface area contributed by atoms with E-state index >= 15 is 0 Å². The monoisotopic (exact) mass is 440 g/mol. The zero-order chi connectivity index (χ0) is 22.4. The van der Waals surface area contributed by atoms with Crippen LogP contribution >= 0.6 is 0 Å². The maximum Gasteiger partial charge on any atom is 0.433 e. The van der Waals surface area contributed by atoms with Gasteiger partial charge in [-0.15, -0.1) is 0 Å². The number of alkyl halides is 3. The molecule has 0 aromatic carbocycles. The molecule has 2 N–H and O–H groups in total. The topological polar surface area (TPSA) is 94.1 Å². The van der Waals surface area contributed by atoms with Gasteiger partial charge in [0.15, 0.2) is 5.82 Å². The van der Waals surface area contributed by atoms with Gasteiger partial charge in [0.25, 0.3) is 0 Å². The fourth-order valence-corrected chi connectivity index (χ4v) is 2.92. The van der Waals surface area contributed by atoms with Crippen molar-refractivity contribution >= 4 is 11.9 Å². The lowest BCUT2D eigenvalue weighted by Crippen LogP contribution is -2.25. The summed E-state index contributed by atoms with van der Waals surface area (Å²) >= 11 is 0. The molecule has 2 atom stereocenters. The number of hydrogen-bond acceptors (Lipinski definition) is 8. The molecule has 170 valence electrons. The van der Waals surface area contributed by atoms with E-state index in [4.69, 9.17) is 9.47 Å². The Labute approximate surface area is 179 Å². The molecule has 0 spiro atoms. The van der Waals surface area contributed by atoms with Gasteiger partial charge in [0, 0.05) is 19.2 Å². The largest absolute Gasteiger partial charge is 0.433 e. The first-order valence-corrected chi connectivity index (χ1v) is 10.2. The number of pyridine rings is 1. The van der Waals surface area contributed by atoms with E-state index in [1.54, 1.807) is 7.11 Å². The van der Waals surface area contributed by atoms with E-state index in [1.807, 2.05) is 13.8 Å². The molecule has 2 heterocycles. The average molecular weight is 440 g/mol. The van der Waals surface area contributed by atoms with E-state index in [-0.39, 0.29) is 29.6 Å². The van der Waals surface area contributed by atoms with Crippen LogP contribution in [0.15, 0.2) is 18.2 Å². The van der Waals surface area contributed by atoms with Crippen molar-refractivity contribution in [3.63, 3.8) is 0 Å². The first kappa shape index (κ1) is 23.1. The van der Waals surface area contributed by atoms with E-state index in [2.05, 4.69) is 30.6 Å². The van der Waals surface area contributed by atoms with Crippen LogP contribution in [0.3, 0.4) is 0 Å². The summed E-state index contributed by atoms with van der Waals surface area (Å²) in [6.45, 7) is 5.23. The van der Waals surface area contributed by atoms with Crippen molar-refractivity contribution in [2.45, 2.75) is 44.9 Å². The number of methoxy groups -OCH3 is 1. The minimum atomic E-state index is -4.56. The van der Waals surface area contributed by atoms with Crippen LogP contribution in [-0.2, 0) is 15.7 Å². The standard InChI is InChI=1S/C20H27F3N6O2/c1-12(11-31-10-9-30-3)24-18-27-17(15-5-4-6-16(26-15)20(21,22)23)28-19(29-18)25-13(2)14-7-8-14/h4-6,12-14H,7-11H2,1-3H3,(H2,24,25,27,28,29)/t12?,13-/m1/s1. The van der Waals surface area contributed by atoms with Crippen molar-refractivity contribution in [1.82, 2.24) is 19.9 Å². The molecule has 2 aromatic rings. The SMILES string of the molecule is COCCOCC(C)Nc1nc(N[C@H](C)C2CC2)nc(-c2cccc(C(F)(F)F)n2)n1. The normalized spacial score (nSPS) is 16.1. The number of hydrogen-bond donors (Lipinski definition) is 2. The molecule has 1 aliphatic rings. The van der Waals surface area contributed by atoms with Gasteiger partial charge < -0.3 is 20.1 Å². The predicted molar refractivity (Wildman–Crippen MR) is 110 cm³/mol. The zero-order valence-corrected chi connectivity index (χ0v) is 17.7. The number of rotatable bonds is 11. The summed E-state index contributed by atoms with van der Waals surface area (Å²) in [6.07, 6.45) is -2.30. The lowest BCUT2D eigenvalue weighted by atomic mass is 10.2. The van der Waals surface area contributed by atoms with Crippen molar-refractivity contribution < 1.29 is 22.6 Å². The molecule has 0 bridgehead atoms. The van der Waals surface area contributed by atoms with Crippen LogP contribution < -0.4 is 10.6 Å². The Hall–Kier alpha value is -2.53. The fraction of sp³-hybridized carbons (Fsp3) is 0.600. The van der Waals surface area contributed by atoms with Gasteiger partial charge in [0.2, 0.25) is 11.9 Å². The Kier molecular flexibility index (Phi) is 7.60. The predicted octanol–water partition coefficient (Wildman–Crippen LogP) is 3.63. The van der Waals surface area contributed by atoms with Crippen LogP contribution in [0, 0.1) is 5.92 Å². The van der Waals surface area contributed by atoms with Crippen LogP contribution in [0.25, 0.3) is 11.5 Å². The molecular formula is C20H27F3N6O2. The van der Waals surface area contributed by atoms with Gasteiger partial charge in [0.1, 0.15) is 11.4 Å². The lowest BCUT2D eigenvalue weighted by Gasteiger charge is -2.17. The van der Waals surface area contributed by atoms with Crippen LogP contribution in [0.5, 0.6) is 0 Å². The molecule has 1 fully saturated rings. The number of nitrogens with one attached hydrogen (secondary N) is 2. The molecule has 8 nitrogen and oxygen atoms in total. The van der Waals surface area contributed by atoms with Crippen LogP contribution in [0.2, 0.25) is 0 Å². The first-order chi connectivity index (χ1) is 14.8. The first-order valence-electron chi connectivity index (χ1n) is 10.2. The molecule has 1 saturated carbocycles. The van der Waals surface area contributed by atoms with E-state index in [0.717, 1.165) is 18.9 Å². The highest BCUT2D eigenvalue weighted by Crippen LogP contribution is 2.34. The summed E-state index contributed by atoms with van der Waals surface area (Å²) in [6, 6.07) is 3.65. The van der Waals surface area contributed by atoms with Crippen molar-refractivity contribution in [2.24, 2.45) is 5.92 Å². The van der Waals surface area contributed by atoms with Crippen molar-refractivity contribution in [3.05, 3.63) is 23.9 Å². The maximum atomic E-state index is 13.1. The summed E-state index contributed by atoms with van der Waals surface area (Å²) in [7, 11) is 1.59. The summed E-state index contributed by atoms with van der Waals surface area (Å²) in [4.78, 5) is 16.7. The Bertz CT molecular complexity index is 863. The molecule has 0 amide bonds. The second kappa shape index (κ2) is 10.2. The number of ether oxygens (including phenoxy) is 2. The summed E-state index contributed by atoms with van der Waals surface area (Å²) in [5.41, 5.74) is -0.980. The van der Waals surface area contributed by atoms with E-state index in [9.17, 15) is 13.2 Å². The molecule has 1 unspecified atom stereocenters. The summed E-state index contributed by atoms with van der Waals surface area (Å²) in [5.74, 6) is 1.12. The van der Waals surface area contributed by atoms with Crippen molar-refractivity contribution in [1.29, 1.82) is 0 Å². The van der Waals surface area contributed by atoms with Gasteiger partial charge in [0.05, 0.1) is 19.8 Å². The van der Waals surface area contributed by atoms with E-state index in [0.29, 0.717) is 31.7 Å². The van der Waals surface area contributed by atoms with E-state index in [1.165, 1.54) is 12.1 Å². The summed E-state index contributed by atoms with van der Waals surface area (Å²) in [5, 5.41) is 6.35. The number of halogens is 3. The fourth-order valence-electron chi connectivity index (χ4n) is 2.92. The molecule has 1 aliphatic carbocycles. The maximum absolute atomic E-state index is 13.1. The van der Waals surface area contributed by atoms with Gasteiger partial charge in [-0.2, -0.15) is 28.1 Å². The van der Waals surface area contributed by atoms with Crippen LogP contribution in [0.1, 0.15) is 32.4 Å². The molecule has 0 radical (unpaired) electrons. The van der Waals surface area contributed by atoms with E-state index < -0.39 is 11.9 Å². The zero-order valence-electron chi connectivity index (χ0n) is 17.7. The second-order valence-electron chi connectivity index (χ2n) is 7.60. The molecule has 2 aromatic heterocycles. The Balaban J connectivity index is 1.83. The number of nitrogens with zero attached hydrogens (tertiary/aromatic N) is 4. The molecule has 31 heavy (non-hydrogen) atoms. The minimum absolute atomic E-state index is 0.0198. The second-order valence-corrected chi connectivity index (χ2v) is 7.60. The highest BCUT2D eigenvalue weighted by atomic mass is 19.4. The molecule has 0 aliphatic heterocycles. The molecule has 3 rings (SSSR count). The van der Waals surface area contributed by atoms with Gasteiger partial charge in [-0.25, -0.2) is 4.98 Å². The highest BCUT2D eigenvalue weighted by Gasteiger charge is 2.33. The third kappa shape index (κ3) is 7.00. The quantitative estimate of drug-likeness (QED) is 0.512. The van der Waals surface area contributed by atoms with Crippen LogP contribution in [-0.4, -0.2) is 59.0 Å². The number of aromatic nitrogens is 4. The minimum Gasteiger partial charge on any atom is -0.382 e. The average Bonchev–Trinajstić information content (AvgIpc) is 3.56. The van der Waals surface area contributed by atoms with Gasteiger partial charge in [-0.3, -0.25) is 0 Å². The van der Waals surface area contributed by atoms with Gasteiger partial charge in [-0.05, 0) is 44.7 Å². The number of anilines is 2. The Morgan fingerprint density at radius 2 is 1.74 bits per heavy atom. The lowest BCUT2D eigenvalue weighted by molar-refractivity contribution is -0.141. The molecule has 0 saturated heterocycles. The highest BCUT2D eigenvalue weighted by molar-refractivity contribution is 5.54. The smallest absolute Gasteiger partial charge is 0.382 e.